The molecule has 0 saturated heterocycles. The van der Waals surface area contributed by atoms with Crippen LogP contribution in [0.25, 0.3) is 16.6 Å². The Morgan fingerprint density at radius 3 is 2.37 bits per heavy atom. The smallest absolute Gasteiger partial charge is 0.264 e. The molecule has 0 N–H and O–H groups in total. The highest BCUT2D eigenvalue weighted by Crippen LogP contribution is 2.34. The lowest BCUT2D eigenvalue weighted by Crippen LogP contribution is -2.23. The second-order valence-electron chi connectivity index (χ2n) is 7.53. The van der Waals surface area contributed by atoms with Gasteiger partial charge in [0.1, 0.15) is 11.5 Å². The Hall–Kier alpha value is -3.69. The molecule has 0 fully saturated rings. The number of fused-ring (bicyclic) bond motifs is 1. The number of rotatable bonds is 11. The quantitative estimate of drug-likeness (QED) is 0.274. The molecular formula is C26H29N3O5S. The third kappa shape index (κ3) is 6.91. The second-order valence-corrected chi connectivity index (χ2v) is 9.18. The van der Waals surface area contributed by atoms with Crippen LogP contribution >= 0.6 is 0 Å². The van der Waals surface area contributed by atoms with Crippen molar-refractivity contribution < 1.29 is 22.1 Å². The van der Waals surface area contributed by atoms with Crippen molar-refractivity contribution in [1.29, 1.82) is 0 Å². The summed E-state index contributed by atoms with van der Waals surface area (Å²) < 4.78 is 39.0. The lowest BCUT2D eigenvalue weighted by Gasteiger charge is -2.26. The zero-order valence-electron chi connectivity index (χ0n) is 20.3. The highest BCUT2D eigenvalue weighted by molar-refractivity contribution is 7.85. The Morgan fingerprint density at radius 1 is 1.06 bits per heavy atom. The zero-order valence-corrected chi connectivity index (χ0v) is 21.1. The van der Waals surface area contributed by atoms with Crippen molar-refractivity contribution in [3.8, 4) is 11.5 Å². The standard InChI is InChI=1S/C26H29N3O5S/c1-6-8-19(9-7-2)26-18-27-24-11-10-20(16-25(24)28-26)29(12-13-34-35(5,30)31)21-14-22(32-3)17-23(15-21)33-4/h6-11,14-18H,1,12-13H2,2-5H3/b9-7-,19-8+. The molecule has 9 heteroatoms. The van der Waals surface area contributed by atoms with Crippen LogP contribution in [0.3, 0.4) is 0 Å². The molecule has 1 heterocycles. The maximum Gasteiger partial charge on any atom is 0.264 e. The third-order valence-corrected chi connectivity index (χ3v) is 5.63. The van der Waals surface area contributed by atoms with Crippen LogP contribution in [0.15, 0.2) is 73.5 Å². The first kappa shape index (κ1) is 25.9. The number of nitrogens with zero attached hydrogens (tertiary/aromatic N) is 3. The van der Waals surface area contributed by atoms with Crippen molar-refractivity contribution in [2.24, 2.45) is 0 Å². The van der Waals surface area contributed by atoms with Gasteiger partial charge in [-0.05, 0) is 25.1 Å². The van der Waals surface area contributed by atoms with Gasteiger partial charge in [-0.1, -0.05) is 30.9 Å². The van der Waals surface area contributed by atoms with Crippen molar-refractivity contribution in [3.63, 3.8) is 0 Å². The molecule has 0 unspecified atom stereocenters. The predicted molar refractivity (Wildman–Crippen MR) is 140 cm³/mol. The Morgan fingerprint density at radius 2 is 1.77 bits per heavy atom. The summed E-state index contributed by atoms with van der Waals surface area (Å²) in [5.74, 6) is 1.20. The van der Waals surface area contributed by atoms with Gasteiger partial charge in [0.2, 0.25) is 0 Å². The van der Waals surface area contributed by atoms with Gasteiger partial charge >= 0.3 is 0 Å². The summed E-state index contributed by atoms with van der Waals surface area (Å²) in [4.78, 5) is 11.3. The van der Waals surface area contributed by atoms with Gasteiger partial charge in [-0.2, -0.15) is 8.42 Å². The highest BCUT2D eigenvalue weighted by Gasteiger charge is 2.15. The molecule has 0 bridgehead atoms. The van der Waals surface area contributed by atoms with Crippen LogP contribution in [0.4, 0.5) is 11.4 Å². The lowest BCUT2D eigenvalue weighted by atomic mass is 10.1. The zero-order chi connectivity index (χ0) is 25.4. The number of methoxy groups -OCH3 is 2. The van der Waals surface area contributed by atoms with E-state index in [1.807, 2.05) is 60.4 Å². The van der Waals surface area contributed by atoms with E-state index in [1.165, 1.54) is 0 Å². The molecule has 0 aliphatic carbocycles. The van der Waals surface area contributed by atoms with E-state index in [1.54, 1.807) is 32.6 Å². The molecule has 0 radical (unpaired) electrons. The maximum absolute atomic E-state index is 11.6. The minimum atomic E-state index is -3.59. The first-order valence-electron chi connectivity index (χ1n) is 10.9. The van der Waals surface area contributed by atoms with Crippen molar-refractivity contribution in [1.82, 2.24) is 9.97 Å². The molecule has 8 nitrogen and oxygen atoms in total. The predicted octanol–water partition coefficient (Wildman–Crippen LogP) is 4.91. The summed E-state index contributed by atoms with van der Waals surface area (Å²) in [7, 11) is -0.447. The molecule has 0 atom stereocenters. The molecule has 2 aromatic carbocycles. The second kappa shape index (κ2) is 11.6. The van der Waals surface area contributed by atoms with Gasteiger partial charge in [0.25, 0.3) is 10.1 Å². The van der Waals surface area contributed by atoms with E-state index in [-0.39, 0.29) is 13.2 Å². The number of hydrogen-bond donors (Lipinski definition) is 0. The fourth-order valence-corrected chi connectivity index (χ4v) is 3.85. The molecule has 0 aliphatic rings. The summed E-state index contributed by atoms with van der Waals surface area (Å²) in [6, 6.07) is 11.1. The first-order valence-corrected chi connectivity index (χ1v) is 12.7. The Labute approximate surface area is 206 Å². The maximum atomic E-state index is 11.6. The normalized spacial score (nSPS) is 12.2. The van der Waals surface area contributed by atoms with Gasteiger partial charge in [0.15, 0.2) is 0 Å². The van der Waals surface area contributed by atoms with Crippen molar-refractivity contribution >= 4 is 38.1 Å². The summed E-state index contributed by atoms with van der Waals surface area (Å²) >= 11 is 0. The molecule has 184 valence electrons. The highest BCUT2D eigenvalue weighted by atomic mass is 32.2. The lowest BCUT2D eigenvalue weighted by molar-refractivity contribution is 0.330. The van der Waals surface area contributed by atoms with E-state index < -0.39 is 10.1 Å². The van der Waals surface area contributed by atoms with Crippen LogP contribution in [0.1, 0.15) is 12.6 Å². The number of aromatic nitrogens is 2. The molecule has 3 aromatic rings. The molecule has 0 saturated carbocycles. The average molecular weight is 496 g/mol. The minimum absolute atomic E-state index is 0.0460. The Bertz CT molecular complexity index is 1340. The van der Waals surface area contributed by atoms with E-state index >= 15 is 0 Å². The van der Waals surface area contributed by atoms with Crippen LogP contribution in [0, 0.1) is 0 Å². The fraction of sp³-hybridized carbons (Fsp3) is 0.231. The van der Waals surface area contributed by atoms with Crippen LogP contribution in [0.2, 0.25) is 0 Å². The SMILES string of the molecule is C=C/C=C(\C=C/C)c1cnc2ccc(N(CCOS(C)(=O)=O)c3cc(OC)cc(OC)c3)cc2n1. The van der Waals surface area contributed by atoms with E-state index in [2.05, 4.69) is 11.6 Å². The Kier molecular flexibility index (Phi) is 8.62. The minimum Gasteiger partial charge on any atom is -0.497 e. The number of benzene rings is 2. The van der Waals surface area contributed by atoms with Gasteiger partial charge in [-0.25, -0.2) is 4.98 Å². The average Bonchev–Trinajstić information content (AvgIpc) is 2.84. The molecule has 1 aromatic heterocycles. The summed E-state index contributed by atoms with van der Waals surface area (Å²) in [5, 5.41) is 0. The molecule has 0 spiro atoms. The van der Waals surface area contributed by atoms with Crippen LogP contribution in [0.5, 0.6) is 11.5 Å². The van der Waals surface area contributed by atoms with E-state index in [0.29, 0.717) is 22.7 Å². The monoisotopic (exact) mass is 495 g/mol. The van der Waals surface area contributed by atoms with Crippen LogP contribution in [-0.2, 0) is 14.3 Å². The summed E-state index contributed by atoms with van der Waals surface area (Å²) in [6.45, 7) is 5.91. The molecular weight excluding hydrogens is 466 g/mol. The van der Waals surface area contributed by atoms with Gasteiger partial charge in [-0.15, -0.1) is 0 Å². The van der Waals surface area contributed by atoms with Gasteiger partial charge in [-0.3, -0.25) is 9.17 Å². The van der Waals surface area contributed by atoms with E-state index in [4.69, 9.17) is 18.6 Å². The molecule has 35 heavy (non-hydrogen) atoms. The molecule has 3 rings (SSSR count). The number of allylic oxidation sites excluding steroid dienone is 5. The fourth-order valence-electron chi connectivity index (χ4n) is 3.48. The van der Waals surface area contributed by atoms with Crippen molar-refractivity contribution in [3.05, 3.63) is 79.2 Å². The van der Waals surface area contributed by atoms with Gasteiger partial charge in [0, 0.05) is 41.7 Å². The Balaban J connectivity index is 2.10. The van der Waals surface area contributed by atoms with Crippen molar-refractivity contribution in [2.45, 2.75) is 6.92 Å². The summed E-state index contributed by atoms with van der Waals surface area (Å²) in [6.07, 6.45) is 10.2. The largest absolute Gasteiger partial charge is 0.497 e. The molecule has 0 amide bonds. The van der Waals surface area contributed by atoms with Crippen LogP contribution in [-0.4, -0.2) is 52.0 Å². The topological polar surface area (TPSA) is 90.9 Å². The van der Waals surface area contributed by atoms with Gasteiger partial charge < -0.3 is 14.4 Å². The third-order valence-electron chi connectivity index (χ3n) is 5.04. The number of anilines is 2. The van der Waals surface area contributed by atoms with E-state index in [0.717, 1.165) is 28.7 Å². The first-order chi connectivity index (χ1) is 16.8. The number of hydrogen-bond acceptors (Lipinski definition) is 8. The van der Waals surface area contributed by atoms with Crippen LogP contribution < -0.4 is 14.4 Å². The van der Waals surface area contributed by atoms with Gasteiger partial charge in [0.05, 0.1) is 50.0 Å². The van der Waals surface area contributed by atoms with Crippen molar-refractivity contribution in [2.75, 3.05) is 38.5 Å². The summed E-state index contributed by atoms with van der Waals surface area (Å²) in [5.41, 5.74) is 4.52. The van der Waals surface area contributed by atoms with E-state index in [9.17, 15) is 8.42 Å². The molecule has 0 aliphatic heterocycles. The number of ether oxygens (including phenoxy) is 2.